The van der Waals surface area contributed by atoms with Crippen molar-refractivity contribution in [1.29, 1.82) is 0 Å². The van der Waals surface area contributed by atoms with Crippen molar-refractivity contribution < 1.29 is 9.84 Å². The Labute approximate surface area is 130 Å². The normalized spacial score (nSPS) is 18.0. The van der Waals surface area contributed by atoms with Gasteiger partial charge in [-0.2, -0.15) is 4.98 Å². The van der Waals surface area contributed by atoms with E-state index in [9.17, 15) is 9.90 Å². The average molecular weight is 351 g/mol. The van der Waals surface area contributed by atoms with Crippen molar-refractivity contribution in [2.45, 2.75) is 25.4 Å². The first-order chi connectivity index (χ1) is 10.1. The second kappa shape index (κ2) is 5.99. The lowest BCUT2D eigenvalue weighted by Gasteiger charge is -2.10. The summed E-state index contributed by atoms with van der Waals surface area (Å²) in [5.41, 5.74) is 0.472. The third kappa shape index (κ3) is 3.16. The number of nitrogens with zero attached hydrogens (tertiary/aromatic N) is 1. The molecule has 6 heteroatoms. The smallest absolute Gasteiger partial charge is 0.262 e. The molecule has 3 rings (SSSR count). The van der Waals surface area contributed by atoms with Crippen molar-refractivity contribution in [3.63, 3.8) is 0 Å². The van der Waals surface area contributed by atoms with Gasteiger partial charge in [0.05, 0.1) is 6.10 Å². The predicted octanol–water partition coefficient (Wildman–Crippen LogP) is 2.63. The Bertz CT molecular complexity index is 708. The first-order valence-electron chi connectivity index (χ1n) is 6.83. The van der Waals surface area contributed by atoms with E-state index >= 15 is 0 Å². The van der Waals surface area contributed by atoms with Gasteiger partial charge in [0.25, 0.3) is 5.56 Å². The van der Waals surface area contributed by atoms with Crippen molar-refractivity contribution >= 4 is 15.9 Å². The molecule has 1 aromatic carbocycles. The number of aromatic nitrogens is 2. The van der Waals surface area contributed by atoms with Crippen molar-refractivity contribution in [1.82, 2.24) is 9.97 Å². The van der Waals surface area contributed by atoms with Gasteiger partial charge in [0.1, 0.15) is 11.4 Å². The molecule has 1 unspecified atom stereocenters. The predicted molar refractivity (Wildman–Crippen MR) is 82.3 cm³/mol. The van der Waals surface area contributed by atoms with Crippen LogP contribution < -0.4 is 5.56 Å². The molecule has 2 N–H and O–H groups in total. The lowest BCUT2D eigenvalue weighted by Crippen LogP contribution is -2.18. The van der Waals surface area contributed by atoms with Crippen molar-refractivity contribution in [3.8, 4) is 17.0 Å². The van der Waals surface area contributed by atoms with E-state index in [0.717, 1.165) is 23.9 Å². The topological polar surface area (TPSA) is 75.2 Å². The fraction of sp³-hybridized carbons (Fsp3) is 0.333. The second-order valence-electron chi connectivity index (χ2n) is 5.06. The summed E-state index contributed by atoms with van der Waals surface area (Å²) in [6, 6.07) is 7.19. The molecule has 1 aliphatic rings. The van der Waals surface area contributed by atoms with E-state index in [1.165, 1.54) is 0 Å². The van der Waals surface area contributed by atoms with Gasteiger partial charge in [-0.3, -0.25) is 4.79 Å². The van der Waals surface area contributed by atoms with Crippen LogP contribution in [0.3, 0.4) is 0 Å². The monoisotopic (exact) mass is 350 g/mol. The summed E-state index contributed by atoms with van der Waals surface area (Å²) in [6.45, 7) is 0.747. The first-order valence-corrected chi connectivity index (χ1v) is 7.62. The molecular formula is C15H15BrN2O3. The van der Waals surface area contributed by atoms with E-state index in [1.54, 1.807) is 18.2 Å². The molecule has 110 valence electrons. The number of benzene rings is 1. The first kappa shape index (κ1) is 14.3. The van der Waals surface area contributed by atoms with Gasteiger partial charge in [0.2, 0.25) is 5.88 Å². The van der Waals surface area contributed by atoms with Crippen LogP contribution in [0.25, 0.3) is 11.1 Å². The zero-order chi connectivity index (χ0) is 14.8. The fourth-order valence-corrected chi connectivity index (χ4v) is 2.93. The Kier molecular flexibility index (Phi) is 4.07. The van der Waals surface area contributed by atoms with Gasteiger partial charge in [-0.1, -0.05) is 28.1 Å². The summed E-state index contributed by atoms with van der Waals surface area (Å²) in [5.74, 6) is 0.216. The average Bonchev–Trinajstić information content (AvgIpc) is 2.91. The van der Waals surface area contributed by atoms with Crippen molar-refractivity contribution in [2.24, 2.45) is 0 Å². The summed E-state index contributed by atoms with van der Waals surface area (Å²) in [5, 5.41) is 10.1. The summed E-state index contributed by atoms with van der Waals surface area (Å²) >= 11 is 3.35. The van der Waals surface area contributed by atoms with Crippen LogP contribution in [-0.2, 0) is 11.2 Å². The maximum Gasteiger partial charge on any atom is 0.262 e. The van der Waals surface area contributed by atoms with Crippen LogP contribution in [0.2, 0.25) is 0 Å². The van der Waals surface area contributed by atoms with Crippen molar-refractivity contribution in [3.05, 3.63) is 44.9 Å². The number of aromatic amines is 1. The molecule has 0 bridgehead atoms. The number of hydrogen-bond acceptors (Lipinski definition) is 4. The van der Waals surface area contributed by atoms with Crippen LogP contribution in [0.5, 0.6) is 5.88 Å². The van der Waals surface area contributed by atoms with Crippen LogP contribution >= 0.6 is 15.9 Å². The van der Waals surface area contributed by atoms with Crippen molar-refractivity contribution in [2.75, 3.05) is 6.61 Å². The number of H-pyrrole nitrogens is 1. The Morgan fingerprint density at radius 2 is 2.33 bits per heavy atom. The minimum atomic E-state index is -0.339. The standard InChI is InChI=1S/C15H15BrN2O3/c16-10-4-1-3-9(7-10)13-14(19)17-12(18-15(13)20)8-11-5-2-6-21-11/h1,3-4,7,11H,2,5-6,8H2,(H2,17,18,19,20). The molecule has 0 aliphatic carbocycles. The molecule has 1 saturated heterocycles. The zero-order valence-corrected chi connectivity index (χ0v) is 12.9. The van der Waals surface area contributed by atoms with Crippen LogP contribution in [0.1, 0.15) is 18.7 Å². The third-order valence-electron chi connectivity index (χ3n) is 3.51. The number of hydrogen-bond donors (Lipinski definition) is 2. The molecule has 0 radical (unpaired) electrons. The van der Waals surface area contributed by atoms with E-state index in [4.69, 9.17) is 4.74 Å². The van der Waals surface area contributed by atoms with Gasteiger partial charge in [0, 0.05) is 17.5 Å². The molecule has 1 aliphatic heterocycles. The summed E-state index contributed by atoms with van der Waals surface area (Å²) in [4.78, 5) is 19.1. The zero-order valence-electron chi connectivity index (χ0n) is 11.3. The number of nitrogens with one attached hydrogen (secondary N) is 1. The van der Waals surface area contributed by atoms with Crippen LogP contribution in [0, 0.1) is 0 Å². The molecule has 1 atom stereocenters. The summed E-state index contributed by atoms with van der Waals surface area (Å²) in [6.07, 6.45) is 2.57. The Balaban J connectivity index is 1.94. The highest BCUT2D eigenvalue weighted by atomic mass is 79.9. The fourth-order valence-electron chi connectivity index (χ4n) is 2.53. The molecule has 5 nitrogen and oxygen atoms in total. The molecule has 21 heavy (non-hydrogen) atoms. The molecular weight excluding hydrogens is 336 g/mol. The molecule has 1 aromatic heterocycles. The third-order valence-corrected chi connectivity index (χ3v) is 4.00. The van der Waals surface area contributed by atoms with Gasteiger partial charge in [-0.05, 0) is 30.5 Å². The molecule has 2 heterocycles. The van der Waals surface area contributed by atoms with Crippen LogP contribution in [-0.4, -0.2) is 27.8 Å². The highest BCUT2D eigenvalue weighted by Gasteiger charge is 2.19. The molecule has 0 saturated carbocycles. The van der Waals surface area contributed by atoms with E-state index in [-0.39, 0.29) is 23.1 Å². The van der Waals surface area contributed by atoms with Gasteiger partial charge >= 0.3 is 0 Å². The molecule has 0 spiro atoms. The number of ether oxygens (including phenoxy) is 1. The number of aromatic hydroxyl groups is 1. The SMILES string of the molecule is O=c1[nH]c(CC2CCCO2)nc(O)c1-c1cccc(Br)c1. The van der Waals surface area contributed by atoms with Gasteiger partial charge in [0.15, 0.2) is 0 Å². The van der Waals surface area contributed by atoms with Crippen LogP contribution in [0.15, 0.2) is 33.5 Å². The lowest BCUT2D eigenvalue weighted by atomic mass is 10.1. The number of rotatable bonds is 3. The highest BCUT2D eigenvalue weighted by molar-refractivity contribution is 9.10. The van der Waals surface area contributed by atoms with E-state index in [0.29, 0.717) is 17.8 Å². The Morgan fingerprint density at radius 3 is 3.00 bits per heavy atom. The Morgan fingerprint density at radius 1 is 1.48 bits per heavy atom. The maximum atomic E-state index is 12.2. The Hall–Kier alpha value is -1.66. The maximum absolute atomic E-state index is 12.2. The largest absolute Gasteiger partial charge is 0.493 e. The summed E-state index contributed by atoms with van der Waals surface area (Å²) < 4.78 is 6.35. The van der Waals surface area contributed by atoms with Gasteiger partial charge in [-0.15, -0.1) is 0 Å². The van der Waals surface area contributed by atoms with E-state index < -0.39 is 0 Å². The highest BCUT2D eigenvalue weighted by Crippen LogP contribution is 2.26. The summed E-state index contributed by atoms with van der Waals surface area (Å²) in [7, 11) is 0. The minimum absolute atomic E-state index is 0.0734. The van der Waals surface area contributed by atoms with Crippen LogP contribution in [0.4, 0.5) is 0 Å². The quantitative estimate of drug-likeness (QED) is 0.892. The van der Waals surface area contributed by atoms with Gasteiger partial charge < -0.3 is 14.8 Å². The van der Waals surface area contributed by atoms with E-state index in [2.05, 4.69) is 25.9 Å². The minimum Gasteiger partial charge on any atom is -0.493 e. The molecule has 0 amide bonds. The molecule has 2 aromatic rings. The second-order valence-corrected chi connectivity index (χ2v) is 5.98. The van der Waals surface area contributed by atoms with Gasteiger partial charge in [-0.25, -0.2) is 0 Å². The number of halogens is 1. The molecule has 1 fully saturated rings. The lowest BCUT2D eigenvalue weighted by molar-refractivity contribution is 0.109. The van der Waals surface area contributed by atoms with E-state index in [1.807, 2.05) is 6.07 Å².